The van der Waals surface area contributed by atoms with Crippen LogP contribution in [0.4, 0.5) is 0 Å². The Morgan fingerprint density at radius 2 is 1.88 bits per heavy atom. The van der Waals surface area contributed by atoms with Crippen molar-refractivity contribution in [2.24, 2.45) is 0 Å². The van der Waals surface area contributed by atoms with E-state index in [9.17, 15) is 0 Å². The van der Waals surface area contributed by atoms with E-state index in [4.69, 9.17) is 5.26 Å². The monoisotopic (exact) mass is 224 g/mol. The first-order chi connectivity index (χ1) is 8.35. The molecule has 0 radical (unpaired) electrons. The number of nitrogens with zero attached hydrogens (tertiary/aromatic N) is 2. The molecule has 0 saturated heterocycles. The minimum Gasteiger partial charge on any atom is -0.332 e. The molecule has 0 N–H and O–H groups in total. The number of hydrogen-bond acceptors (Lipinski definition) is 1. The van der Waals surface area contributed by atoms with E-state index in [1.165, 1.54) is 11.3 Å². The van der Waals surface area contributed by atoms with Crippen LogP contribution in [0.1, 0.15) is 30.3 Å². The lowest BCUT2D eigenvalue weighted by molar-refractivity contribution is 0.718. The zero-order valence-electron chi connectivity index (χ0n) is 10.1. The SMILES string of the molecule is CCCc1ccc(C#N)n1Cc1ccccc1. The highest BCUT2D eigenvalue weighted by Gasteiger charge is 2.07. The molecule has 0 fully saturated rings. The molecule has 2 heteroatoms. The number of aryl methyl sites for hydroxylation is 1. The molecular weight excluding hydrogens is 208 g/mol. The Morgan fingerprint density at radius 1 is 1.12 bits per heavy atom. The topological polar surface area (TPSA) is 28.7 Å². The van der Waals surface area contributed by atoms with Crippen LogP contribution in [0.2, 0.25) is 0 Å². The summed E-state index contributed by atoms with van der Waals surface area (Å²) in [6, 6.07) is 16.5. The van der Waals surface area contributed by atoms with Crippen molar-refractivity contribution in [2.45, 2.75) is 26.3 Å². The maximum absolute atomic E-state index is 9.11. The van der Waals surface area contributed by atoms with Crippen molar-refractivity contribution >= 4 is 0 Å². The van der Waals surface area contributed by atoms with E-state index in [0.717, 1.165) is 25.1 Å². The second-order valence-corrected chi connectivity index (χ2v) is 4.14. The van der Waals surface area contributed by atoms with Crippen LogP contribution in [0.5, 0.6) is 0 Å². The lowest BCUT2D eigenvalue weighted by Gasteiger charge is -2.10. The zero-order chi connectivity index (χ0) is 12.1. The quantitative estimate of drug-likeness (QED) is 0.782. The van der Waals surface area contributed by atoms with Crippen LogP contribution in [0, 0.1) is 11.3 Å². The first-order valence-electron chi connectivity index (χ1n) is 5.97. The molecule has 0 saturated carbocycles. The first kappa shape index (κ1) is 11.5. The van der Waals surface area contributed by atoms with Gasteiger partial charge in [-0.15, -0.1) is 0 Å². The Kier molecular flexibility index (Phi) is 3.62. The summed E-state index contributed by atoms with van der Waals surface area (Å²) >= 11 is 0. The van der Waals surface area contributed by atoms with Gasteiger partial charge in [0.05, 0.1) is 0 Å². The summed E-state index contributed by atoms with van der Waals surface area (Å²) in [6.07, 6.45) is 2.12. The molecular formula is C15H16N2. The highest BCUT2D eigenvalue weighted by atomic mass is 15.0. The third kappa shape index (κ3) is 2.57. The van der Waals surface area contributed by atoms with Crippen LogP contribution < -0.4 is 0 Å². The molecule has 0 spiro atoms. The van der Waals surface area contributed by atoms with Gasteiger partial charge in [0.25, 0.3) is 0 Å². The van der Waals surface area contributed by atoms with Gasteiger partial charge < -0.3 is 4.57 Å². The zero-order valence-corrected chi connectivity index (χ0v) is 10.1. The van der Waals surface area contributed by atoms with Crippen LogP contribution in [0.25, 0.3) is 0 Å². The molecule has 1 heterocycles. The van der Waals surface area contributed by atoms with Crippen molar-refractivity contribution in [1.29, 1.82) is 5.26 Å². The minimum atomic E-state index is 0.748. The van der Waals surface area contributed by atoms with Gasteiger partial charge in [0.15, 0.2) is 0 Å². The van der Waals surface area contributed by atoms with Crippen molar-refractivity contribution in [3.8, 4) is 6.07 Å². The standard InChI is InChI=1S/C15H16N2/c1-2-6-14-9-10-15(11-16)17(14)12-13-7-4-3-5-8-13/h3-5,7-10H,2,6,12H2,1H3. The van der Waals surface area contributed by atoms with E-state index >= 15 is 0 Å². The van der Waals surface area contributed by atoms with Gasteiger partial charge in [-0.05, 0) is 24.1 Å². The molecule has 0 unspecified atom stereocenters. The van der Waals surface area contributed by atoms with Gasteiger partial charge in [0.2, 0.25) is 0 Å². The maximum Gasteiger partial charge on any atom is 0.120 e. The number of aromatic nitrogens is 1. The minimum absolute atomic E-state index is 0.748. The smallest absolute Gasteiger partial charge is 0.120 e. The van der Waals surface area contributed by atoms with Crippen LogP contribution in [-0.2, 0) is 13.0 Å². The highest BCUT2D eigenvalue weighted by Crippen LogP contribution is 2.13. The molecule has 1 aromatic heterocycles. The van der Waals surface area contributed by atoms with E-state index in [0.29, 0.717) is 0 Å². The van der Waals surface area contributed by atoms with Gasteiger partial charge in [-0.25, -0.2) is 0 Å². The number of benzene rings is 1. The molecule has 17 heavy (non-hydrogen) atoms. The lowest BCUT2D eigenvalue weighted by atomic mass is 10.2. The number of rotatable bonds is 4. The van der Waals surface area contributed by atoms with Crippen molar-refractivity contribution in [3.05, 3.63) is 59.4 Å². The number of hydrogen-bond donors (Lipinski definition) is 0. The van der Waals surface area contributed by atoms with E-state index < -0.39 is 0 Å². The summed E-state index contributed by atoms with van der Waals surface area (Å²) in [5.74, 6) is 0. The summed E-state index contributed by atoms with van der Waals surface area (Å²) < 4.78 is 2.11. The average Bonchev–Trinajstić information content (AvgIpc) is 2.74. The fourth-order valence-corrected chi connectivity index (χ4v) is 2.03. The highest BCUT2D eigenvalue weighted by molar-refractivity contribution is 5.29. The fraction of sp³-hybridized carbons (Fsp3) is 0.267. The summed E-state index contributed by atoms with van der Waals surface area (Å²) in [5.41, 5.74) is 3.22. The van der Waals surface area contributed by atoms with Gasteiger partial charge in [-0.2, -0.15) is 5.26 Å². The molecule has 0 amide bonds. The molecule has 0 aliphatic rings. The summed E-state index contributed by atoms with van der Waals surface area (Å²) in [6.45, 7) is 2.94. The van der Waals surface area contributed by atoms with E-state index in [1.54, 1.807) is 0 Å². The van der Waals surface area contributed by atoms with Crippen molar-refractivity contribution in [2.75, 3.05) is 0 Å². The Bertz CT molecular complexity index is 518. The first-order valence-corrected chi connectivity index (χ1v) is 5.97. The van der Waals surface area contributed by atoms with E-state index in [-0.39, 0.29) is 0 Å². The summed E-state index contributed by atoms with van der Waals surface area (Å²) in [7, 11) is 0. The predicted octanol–water partition coefficient (Wildman–Crippen LogP) is 3.36. The molecule has 2 rings (SSSR count). The van der Waals surface area contributed by atoms with Crippen LogP contribution in [0.15, 0.2) is 42.5 Å². The van der Waals surface area contributed by atoms with Crippen molar-refractivity contribution in [1.82, 2.24) is 4.57 Å². The molecule has 2 aromatic rings. The summed E-state index contributed by atoms with van der Waals surface area (Å²) in [4.78, 5) is 0. The average molecular weight is 224 g/mol. The van der Waals surface area contributed by atoms with Crippen LogP contribution in [0.3, 0.4) is 0 Å². The Labute approximate surface area is 102 Å². The predicted molar refractivity (Wildman–Crippen MR) is 68.7 cm³/mol. The molecule has 1 aromatic carbocycles. The fourth-order valence-electron chi connectivity index (χ4n) is 2.03. The lowest BCUT2D eigenvalue weighted by Crippen LogP contribution is -2.06. The second-order valence-electron chi connectivity index (χ2n) is 4.14. The van der Waals surface area contributed by atoms with Crippen molar-refractivity contribution in [3.63, 3.8) is 0 Å². The summed E-state index contributed by atoms with van der Waals surface area (Å²) in [5, 5.41) is 9.11. The molecule has 86 valence electrons. The van der Waals surface area contributed by atoms with Gasteiger partial charge >= 0.3 is 0 Å². The molecule has 2 nitrogen and oxygen atoms in total. The molecule has 0 aliphatic carbocycles. The third-order valence-electron chi connectivity index (χ3n) is 2.88. The third-order valence-corrected chi connectivity index (χ3v) is 2.88. The Hall–Kier alpha value is -2.01. The normalized spacial score (nSPS) is 10.1. The molecule has 0 aliphatic heterocycles. The van der Waals surface area contributed by atoms with E-state index in [2.05, 4.69) is 35.8 Å². The molecule has 0 atom stereocenters. The second kappa shape index (κ2) is 5.36. The van der Waals surface area contributed by atoms with Crippen molar-refractivity contribution < 1.29 is 0 Å². The Morgan fingerprint density at radius 3 is 2.53 bits per heavy atom. The van der Waals surface area contributed by atoms with Gasteiger partial charge in [-0.1, -0.05) is 43.7 Å². The maximum atomic E-state index is 9.11. The Balaban J connectivity index is 2.31. The van der Waals surface area contributed by atoms with Gasteiger partial charge in [0, 0.05) is 12.2 Å². The van der Waals surface area contributed by atoms with Crippen LogP contribution >= 0.6 is 0 Å². The van der Waals surface area contributed by atoms with Gasteiger partial charge in [0.1, 0.15) is 11.8 Å². The molecule has 0 bridgehead atoms. The van der Waals surface area contributed by atoms with Gasteiger partial charge in [-0.3, -0.25) is 0 Å². The van der Waals surface area contributed by atoms with Crippen LogP contribution in [-0.4, -0.2) is 4.57 Å². The van der Waals surface area contributed by atoms with E-state index in [1.807, 2.05) is 24.3 Å². The number of nitriles is 1. The largest absolute Gasteiger partial charge is 0.332 e.